The number of benzene rings is 4. The summed E-state index contributed by atoms with van der Waals surface area (Å²) in [6.45, 7) is 0. The molecule has 4 aromatic rings. The number of hydrogen-bond acceptors (Lipinski definition) is 2. The molecular weight excluding hydrogens is 397 g/mol. The molecule has 0 aliphatic heterocycles. The van der Waals surface area contributed by atoms with E-state index in [2.05, 4.69) is 36.4 Å². The Hall–Kier alpha value is -2.93. The predicted molar refractivity (Wildman–Crippen MR) is 124 cm³/mol. The van der Waals surface area contributed by atoms with Gasteiger partial charge in [0.15, 0.2) is 0 Å². The zero-order valence-electron chi connectivity index (χ0n) is 15.7. The third kappa shape index (κ3) is 3.82. The number of carbonyl (C=O) groups is 1. The molecule has 4 heteroatoms. The van der Waals surface area contributed by atoms with Crippen molar-refractivity contribution in [3.8, 4) is 0 Å². The van der Waals surface area contributed by atoms with Gasteiger partial charge in [0.25, 0.3) is 0 Å². The largest absolute Gasteiger partial charge is 0.298 e. The van der Waals surface area contributed by atoms with Crippen LogP contribution in [0.15, 0.2) is 114 Å². The van der Waals surface area contributed by atoms with E-state index in [0.29, 0.717) is 16.3 Å². The average Bonchev–Trinajstić information content (AvgIpc) is 2.80. The molecule has 0 fully saturated rings. The highest BCUT2D eigenvalue weighted by molar-refractivity contribution is 7.87. The minimum Gasteiger partial charge on any atom is -0.298 e. The maximum Gasteiger partial charge on any atom is 0.150 e. The van der Waals surface area contributed by atoms with E-state index in [9.17, 15) is 4.79 Å². The first kappa shape index (κ1) is 19.4. The van der Waals surface area contributed by atoms with Gasteiger partial charge in [-0.1, -0.05) is 103 Å². The molecular formula is C25H19ClNOP. The molecule has 142 valence electrons. The summed E-state index contributed by atoms with van der Waals surface area (Å²) in [5.74, 6) is 0. The Kier molecular flexibility index (Phi) is 5.76. The lowest BCUT2D eigenvalue weighted by molar-refractivity contribution is 0.112. The Bertz CT molecular complexity index is 1070. The van der Waals surface area contributed by atoms with Crippen LogP contribution >= 0.6 is 18.7 Å². The molecule has 0 saturated heterocycles. The van der Waals surface area contributed by atoms with Crippen molar-refractivity contribution >= 4 is 46.5 Å². The molecule has 2 nitrogen and oxygen atoms in total. The zero-order valence-corrected chi connectivity index (χ0v) is 17.3. The van der Waals surface area contributed by atoms with Crippen molar-refractivity contribution in [2.45, 2.75) is 0 Å². The summed E-state index contributed by atoms with van der Waals surface area (Å²) in [5, 5.41) is 3.91. The molecule has 0 heterocycles. The summed E-state index contributed by atoms with van der Waals surface area (Å²) in [7, 11) is -2.37. The molecule has 0 aromatic heterocycles. The smallest absolute Gasteiger partial charge is 0.150 e. The molecule has 4 aromatic carbocycles. The molecule has 4 rings (SSSR count). The molecule has 0 N–H and O–H groups in total. The lowest BCUT2D eigenvalue weighted by atomic mass is 10.2. The van der Waals surface area contributed by atoms with E-state index in [-0.39, 0.29) is 0 Å². The number of rotatable bonds is 5. The standard InChI is InChI=1S/C25H19ClNOP/c26-24-18-20(19-28)16-17-25(24)27-29(21-10-4-1-5-11-21,22-12-6-2-7-13-22)23-14-8-3-9-15-23/h1-19H. The summed E-state index contributed by atoms with van der Waals surface area (Å²) >= 11 is 6.54. The normalized spacial score (nSPS) is 11.1. The second-order valence-electron chi connectivity index (χ2n) is 6.57. The average molecular weight is 416 g/mol. The minimum atomic E-state index is -2.37. The molecule has 29 heavy (non-hydrogen) atoms. The van der Waals surface area contributed by atoms with Crippen LogP contribution < -0.4 is 15.9 Å². The topological polar surface area (TPSA) is 29.4 Å². The minimum absolute atomic E-state index is 0.474. The van der Waals surface area contributed by atoms with Crippen molar-refractivity contribution in [1.29, 1.82) is 0 Å². The first-order chi connectivity index (χ1) is 14.2. The SMILES string of the molecule is O=Cc1ccc(N=P(c2ccccc2)(c2ccccc2)c2ccccc2)c(Cl)c1. The summed E-state index contributed by atoms with van der Waals surface area (Å²) in [6, 6.07) is 36.3. The van der Waals surface area contributed by atoms with Crippen LogP contribution in [0.1, 0.15) is 10.4 Å². The summed E-state index contributed by atoms with van der Waals surface area (Å²) in [4.78, 5) is 11.1. The van der Waals surface area contributed by atoms with Crippen molar-refractivity contribution in [3.63, 3.8) is 0 Å². The molecule has 0 atom stereocenters. The quantitative estimate of drug-likeness (QED) is 0.292. The first-order valence-corrected chi connectivity index (χ1v) is 11.4. The van der Waals surface area contributed by atoms with Crippen LogP contribution in [-0.2, 0) is 0 Å². The Morgan fingerprint density at radius 1 is 0.655 bits per heavy atom. The second kappa shape index (κ2) is 8.61. The van der Waals surface area contributed by atoms with Crippen LogP contribution in [0.4, 0.5) is 5.69 Å². The fourth-order valence-corrected chi connectivity index (χ4v) is 7.23. The zero-order chi connectivity index (χ0) is 20.1. The highest BCUT2D eigenvalue weighted by Gasteiger charge is 2.27. The van der Waals surface area contributed by atoms with Crippen LogP contribution in [0.3, 0.4) is 0 Å². The number of nitrogens with zero attached hydrogens (tertiary/aromatic N) is 1. The van der Waals surface area contributed by atoms with Gasteiger partial charge in [-0.25, -0.2) is 0 Å². The van der Waals surface area contributed by atoms with E-state index in [1.807, 2.05) is 60.7 Å². The van der Waals surface area contributed by atoms with Gasteiger partial charge in [0, 0.05) is 21.5 Å². The van der Waals surface area contributed by atoms with Crippen molar-refractivity contribution < 1.29 is 4.79 Å². The molecule has 0 unspecified atom stereocenters. The molecule has 0 spiro atoms. The summed E-state index contributed by atoms with van der Waals surface area (Å²) in [5.41, 5.74) is 1.22. The van der Waals surface area contributed by atoms with Gasteiger partial charge in [-0.15, -0.1) is 0 Å². The first-order valence-electron chi connectivity index (χ1n) is 9.28. The van der Waals surface area contributed by atoms with E-state index >= 15 is 0 Å². The van der Waals surface area contributed by atoms with Gasteiger partial charge >= 0.3 is 0 Å². The number of aldehydes is 1. The molecule has 0 amide bonds. The number of carbonyl (C=O) groups excluding carboxylic acids is 1. The third-order valence-corrected chi connectivity index (χ3v) is 8.71. The maximum atomic E-state index is 11.1. The van der Waals surface area contributed by atoms with Gasteiger partial charge in [-0.3, -0.25) is 9.54 Å². The van der Waals surface area contributed by atoms with Gasteiger partial charge in [0.05, 0.1) is 17.8 Å². The monoisotopic (exact) mass is 415 g/mol. The lowest BCUT2D eigenvalue weighted by Gasteiger charge is -2.27. The Morgan fingerprint density at radius 3 is 1.48 bits per heavy atom. The van der Waals surface area contributed by atoms with Crippen molar-refractivity contribution in [1.82, 2.24) is 0 Å². The molecule has 0 bridgehead atoms. The third-order valence-electron chi connectivity index (χ3n) is 4.76. The molecule has 0 saturated carbocycles. The van der Waals surface area contributed by atoms with Crippen molar-refractivity contribution in [2.75, 3.05) is 0 Å². The summed E-state index contributed by atoms with van der Waals surface area (Å²) < 4.78 is 5.34. The molecule has 0 aliphatic carbocycles. The van der Waals surface area contributed by atoms with Gasteiger partial charge < -0.3 is 0 Å². The highest BCUT2D eigenvalue weighted by Crippen LogP contribution is 2.50. The van der Waals surface area contributed by atoms with E-state index in [1.165, 1.54) is 0 Å². The highest BCUT2D eigenvalue weighted by atomic mass is 35.5. The van der Waals surface area contributed by atoms with Gasteiger partial charge in [0.1, 0.15) is 6.29 Å². The van der Waals surface area contributed by atoms with Gasteiger partial charge in [-0.2, -0.15) is 0 Å². The Labute approximate surface area is 175 Å². The van der Waals surface area contributed by atoms with Crippen LogP contribution in [0.25, 0.3) is 0 Å². The van der Waals surface area contributed by atoms with Crippen molar-refractivity contribution in [2.24, 2.45) is 4.74 Å². The predicted octanol–water partition coefficient (Wildman–Crippen LogP) is 5.96. The maximum absolute atomic E-state index is 11.1. The van der Waals surface area contributed by atoms with E-state index in [1.54, 1.807) is 12.1 Å². The van der Waals surface area contributed by atoms with E-state index in [4.69, 9.17) is 16.3 Å². The molecule has 0 aliphatic rings. The molecule has 0 radical (unpaired) electrons. The fraction of sp³-hybridized carbons (Fsp3) is 0. The number of hydrogen-bond donors (Lipinski definition) is 0. The van der Waals surface area contributed by atoms with Gasteiger partial charge in [0.2, 0.25) is 0 Å². The van der Waals surface area contributed by atoms with Crippen LogP contribution in [0.2, 0.25) is 5.02 Å². The van der Waals surface area contributed by atoms with Crippen LogP contribution in [-0.4, -0.2) is 6.29 Å². The Balaban J connectivity index is 2.13. The van der Waals surface area contributed by atoms with E-state index in [0.717, 1.165) is 22.2 Å². The van der Waals surface area contributed by atoms with Gasteiger partial charge in [-0.05, 0) is 18.2 Å². The van der Waals surface area contributed by atoms with Crippen LogP contribution in [0.5, 0.6) is 0 Å². The summed E-state index contributed by atoms with van der Waals surface area (Å²) in [6.07, 6.45) is 0.795. The van der Waals surface area contributed by atoms with E-state index < -0.39 is 7.05 Å². The Morgan fingerprint density at radius 2 is 1.10 bits per heavy atom. The number of halogens is 1. The second-order valence-corrected chi connectivity index (χ2v) is 10.00. The van der Waals surface area contributed by atoms with Crippen LogP contribution in [0, 0.1) is 0 Å². The lowest BCUT2D eigenvalue weighted by Crippen LogP contribution is -2.25. The fourth-order valence-electron chi connectivity index (χ4n) is 3.39. The van der Waals surface area contributed by atoms with Crippen molar-refractivity contribution in [3.05, 3.63) is 120 Å².